The summed E-state index contributed by atoms with van der Waals surface area (Å²) in [5.74, 6) is 1.27. The molecule has 1 heterocycles. The molecule has 0 amide bonds. The quantitative estimate of drug-likeness (QED) is 0.706. The molecule has 0 aliphatic carbocycles. The van der Waals surface area contributed by atoms with Gasteiger partial charge in [-0.05, 0) is 44.7 Å². The van der Waals surface area contributed by atoms with Crippen LogP contribution in [0.5, 0.6) is 0 Å². The number of piperidine rings is 1. The minimum absolute atomic E-state index is 0.678. The van der Waals surface area contributed by atoms with Crippen LogP contribution < -0.4 is 10.6 Å². The van der Waals surface area contributed by atoms with Gasteiger partial charge in [0, 0.05) is 18.6 Å². The SMILES string of the molecule is CSCCC(C)NC1CCCNC1. The Hall–Kier alpha value is 0.270. The Morgan fingerprint density at radius 2 is 2.46 bits per heavy atom. The fourth-order valence-corrected chi connectivity index (χ4v) is 2.36. The molecule has 3 heteroatoms. The summed E-state index contributed by atoms with van der Waals surface area (Å²) in [6.45, 7) is 4.66. The summed E-state index contributed by atoms with van der Waals surface area (Å²) in [5, 5.41) is 7.11. The lowest BCUT2D eigenvalue weighted by Gasteiger charge is -2.27. The highest BCUT2D eigenvalue weighted by atomic mass is 32.2. The third kappa shape index (κ3) is 4.89. The van der Waals surface area contributed by atoms with E-state index in [9.17, 15) is 0 Å². The summed E-state index contributed by atoms with van der Waals surface area (Å²) in [6.07, 6.45) is 6.13. The fraction of sp³-hybridized carbons (Fsp3) is 1.00. The molecule has 1 aliphatic rings. The highest BCUT2D eigenvalue weighted by molar-refractivity contribution is 7.98. The number of hydrogen-bond acceptors (Lipinski definition) is 3. The molecule has 0 aromatic rings. The van der Waals surface area contributed by atoms with Crippen molar-refractivity contribution in [3.63, 3.8) is 0 Å². The maximum absolute atomic E-state index is 3.68. The van der Waals surface area contributed by atoms with Crippen molar-refractivity contribution in [2.24, 2.45) is 0 Å². The molecule has 0 spiro atoms. The zero-order valence-electron chi connectivity index (χ0n) is 8.81. The third-order valence-electron chi connectivity index (χ3n) is 2.57. The van der Waals surface area contributed by atoms with Crippen LogP contribution in [0.15, 0.2) is 0 Å². The molecule has 1 saturated heterocycles. The molecular weight excluding hydrogens is 180 g/mol. The van der Waals surface area contributed by atoms with Crippen molar-refractivity contribution in [3.05, 3.63) is 0 Å². The van der Waals surface area contributed by atoms with Crippen LogP contribution in [0.4, 0.5) is 0 Å². The van der Waals surface area contributed by atoms with Gasteiger partial charge in [0.1, 0.15) is 0 Å². The second kappa shape index (κ2) is 6.68. The van der Waals surface area contributed by atoms with E-state index in [1.54, 1.807) is 0 Å². The maximum Gasteiger partial charge on any atom is 0.0195 e. The standard InChI is InChI=1S/C10H22N2S/c1-9(5-7-13-2)12-10-4-3-6-11-8-10/h9-12H,3-8H2,1-2H3. The molecule has 0 aromatic carbocycles. The average molecular weight is 202 g/mol. The second-order valence-electron chi connectivity index (χ2n) is 3.89. The lowest BCUT2D eigenvalue weighted by Crippen LogP contribution is -2.46. The van der Waals surface area contributed by atoms with Crippen molar-refractivity contribution < 1.29 is 0 Å². The number of thioether (sulfide) groups is 1. The summed E-state index contributed by atoms with van der Waals surface area (Å²) < 4.78 is 0. The van der Waals surface area contributed by atoms with E-state index in [2.05, 4.69) is 23.8 Å². The first-order chi connectivity index (χ1) is 6.33. The van der Waals surface area contributed by atoms with E-state index in [0.29, 0.717) is 12.1 Å². The van der Waals surface area contributed by atoms with Crippen LogP contribution in [0, 0.1) is 0 Å². The Morgan fingerprint density at radius 1 is 1.62 bits per heavy atom. The van der Waals surface area contributed by atoms with E-state index in [1.807, 2.05) is 11.8 Å². The highest BCUT2D eigenvalue weighted by Gasteiger charge is 2.14. The number of rotatable bonds is 5. The van der Waals surface area contributed by atoms with Crippen molar-refractivity contribution in [2.45, 2.75) is 38.3 Å². The van der Waals surface area contributed by atoms with E-state index in [-0.39, 0.29) is 0 Å². The van der Waals surface area contributed by atoms with Crippen molar-refractivity contribution in [1.82, 2.24) is 10.6 Å². The molecule has 13 heavy (non-hydrogen) atoms. The monoisotopic (exact) mass is 202 g/mol. The molecule has 2 N–H and O–H groups in total. The first-order valence-corrected chi connectivity index (χ1v) is 6.68. The van der Waals surface area contributed by atoms with Crippen LogP contribution in [-0.4, -0.2) is 37.2 Å². The maximum atomic E-state index is 3.68. The molecule has 0 saturated carbocycles. The van der Waals surface area contributed by atoms with E-state index in [0.717, 1.165) is 6.54 Å². The van der Waals surface area contributed by atoms with Crippen LogP contribution in [0.1, 0.15) is 26.2 Å². The van der Waals surface area contributed by atoms with E-state index in [4.69, 9.17) is 0 Å². The molecule has 1 aliphatic heterocycles. The van der Waals surface area contributed by atoms with Gasteiger partial charge in [-0.15, -0.1) is 0 Å². The minimum atomic E-state index is 0.678. The van der Waals surface area contributed by atoms with E-state index >= 15 is 0 Å². The molecule has 78 valence electrons. The topological polar surface area (TPSA) is 24.1 Å². The molecule has 1 rings (SSSR count). The van der Waals surface area contributed by atoms with Crippen LogP contribution in [0.25, 0.3) is 0 Å². The van der Waals surface area contributed by atoms with Gasteiger partial charge >= 0.3 is 0 Å². The largest absolute Gasteiger partial charge is 0.315 e. The summed E-state index contributed by atoms with van der Waals surface area (Å²) >= 11 is 1.94. The van der Waals surface area contributed by atoms with Gasteiger partial charge in [-0.1, -0.05) is 0 Å². The van der Waals surface area contributed by atoms with Crippen molar-refractivity contribution in [2.75, 3.05) is 25.1 Å². The van der Waals surface area contributed by atoms with Crippen LogP contribution in [-0.2, 0) is 0 Å². The van der Waals surface area contributed by atoms with Gasteiger partial charge < -0.3 is 10.6 Å². The van der Waals surface area contributed by atoms with Gasteiger partial charge in [0.05, 0.1) is 0 Å². The molecule has 1 fully saturated rings. The van der Waals surface area contributed by atoms with Gasteiger partial charge in [-0.25, -0.2) is 0 Å². The summed E-state index contributed by atoms with van der Waals surface area (Å²) in [5.41, 5.74) is 0. The lowest BCUT2D eigenvalue weighted by atomic mass is 10.1. The Labute approximate surface area is 86.2 Å². The Balaban J connectivity index is 2.07. The lowest BCUT2D eigenvalue weighted by molar-refractivity contribution is 0.356. The number of nitrogens with one attached hydrogen (secondary N) is 2. The van der Waals surface area contributed by atoms with Crippen LogP contribution >= 0.6 is 11.8 Å². The smallest absolute Gasteiger partial charge is 0.0195 e. The summed E-state index contributed by atoms with van der Waals surface area (Å²) in [7, 11) is 0. The number of hydrogen-bond donors (Lipinski definition) is 2. The van der Waals surface area contributed by atoms with Crippen molar-refractivity contribution >= 4 is 11.8 Å². The van der Waals surface area contributed by atoms with Crippen LogP contribution in [0.2, 0.25) is 0 Å². The molecule has 2 unspecified atom stereocenters. The second-order valence-corrected chi connectivity index (χ2v) is 4.88. The molecule has 0 aromatic heterocycles. The van der Waals surface area contributed by atoms with Gasteiger partial charge in [0.15, 0.2) is 0 Å². The predicted molar refractivity (Wildman–Crippen MR) is 61.5 cm³/mol. The van der Waals surface area contributed by atoms with Gasteiger partial charge in [0.25, 0.3) is 0 Å². The summed E-state index contributed by atoms with van der Waals surface area (Å²) in [6, 6.07) is 1.39. The highest BCUT2D eigenvalue weighted by Crippen LogP contribution is 2.05. The normalized spacial score (nSPS) is 25.8. The average Bonchev–Trinajstić information content (AvgIpc) is 2.16. The first-order valence-electron chi connectivity index (χ1n) is 5.28. The van der Waals surface area contributed by atoms with Gasteiger partial charge in [-0.3, -0.25) is 0 Å². The molecule has 0 radical (unpaired) electrons. The Morgan fingerprint density at radius 3 is 3.08 bits per heavy atom. The Kier molecular flexibility index (Phi) is 5.83. The Bertz CT molecular complexity index is 124. The van der Waals surface area contributed by atoms with Gasteiger partial charge in [-0.2, -0.15) is 11.8 Å². The molecule has 0 bridgehead atoms. The van der Waals surface area contributed by atoms with Crippen molar-refractivity contribution in [1.29, 1.82) is 0 Å². The first kappa shape index (κ1) is 11.3. The molecule has 2 atom stereocenters. The molecular formula is C10H22N2S. The molecule has 2 nitrogen and oxygen atoms in total. The minimum Gasteiger partial charge on any atom is -0.315 e. The zero-order chi connectivity index (χ0) is 9.52. The van der Waals surface area contributed by atoms with Crippen molar-refractivity contribution in [3.8, 4) is 0 Å². The van der Waals surface area contributed by atoms with E-state index < -0.39 is 0 Å². The third-order valence-corrected chi connectivity index (χ3v) is 3.22. The fourth-order valence-electron chi connectivity index (χ4n) is 1.77. The zero-order valence-corrected chi connectivity index (χ0v) is 9.62. The predicted octanol–water partition coefficient (Wildman–Crippen LogP) is 1.47. The summed E-state index contributed by atoms with van der Waals surface area (Å²) in [4.78, 5) is 0. The van der Waals surface area contributed by atoms with E-state index in [1.165, 1.54) is 31.6 Å². The van der Waals surface area contributed by atoms with Gasteiger partial charge in [0.2, 0.25) is 0 Å². The van der Waals surface area contributed by atoms with Crippen LogP contribution in [0.3, 0.4) is 0 Å².